The van der Waals surface area contributed by atoms with Crippen molar-refractivity contribution in [3.8, 4) is 0 Å². The zero-order valence-corrected chi connectivity index (χ0v) is 14.0. The van der Waals surface area contributed by atoms with Crippen LogP contribution < -0.4 is 5.56 Å². The summed E-state index contributed by atoms with van der Waals surface area (Å²) >= 11 is 0. The van der Waals surface area contributed by atoms with E-state index in [4.69, 9.17) is 0 Å². The summed E-state index contributed by atoms with van der Waals surface area (Å²) in [5.74, 6) is 0.279. The van der Waals surface area contributed by atoms with E-state index in [0.29, 0.717) is 24.1 Å². The highest BCUT2D eigenvalue weighted by molar-refractivity contribution is 5.77. The Morgan fingerprint density at radius 3 is 2.88 bits per heavy atom. The molecule has 25 heavy (non-hydrogen) atoms. The third kappa shape index (κ3) is 3.36. The molecule has 2 unspecified atom stereocenters. The predicted molar refractivity (Wildman–Crippen MR) is 96.3 cm³/mol. The Morgan fingerprint density at radius 2 is 2.04 bits per heavy atom. The van der Waals surface area contributed by atoms with E-state index >= 15 is 0 Å². The van der Waals surface area contributed by atoms with E-state index in [1.54, 1.807) is 0 Å². The number of hydrogen-bond donors (Lipinski definition) is 3. The molecule has 130 valence electrons. The van der Waals surface area contributed by atoms with E-state index in [2.05, 4.69) is 44.1 Å². The van der Waals surface area contributed by atoms with Crippen molar-refractivity contribution in [2.24, 2.45) is 5.92 Å². The minimum Gasteiger partial charge on any atom is -0.391 e. The van der Waals surface area contributed by atoms with Crippen molar-refractivity contribution in [2.75, 3.05) is 13.1 Å². The Labute approximate surface area is 145 Å². The lowest BCUT2D eigenvalue weighted by atomic mass is 9.97. The van der Waals surface area contributed by atoms with Crippen LogP contribution in [-0.4, -0.2) is 44.2 Å². The van der Waals surface area contributed by atoms with Crippen molar-refractivity contribution in [3.63, 3.8) is 0 Å². The number of aliphatic hydroxyl groups excluding tert-OH is 1. The Morgan fingerprint density at radius 1 is 1.20 bits per heavy atom. The first kappa shape index (κ1) is 16.1. The summed E-state index contributed by atoms with van der Waals surface area (Å²) in [6, 6.07) is 10.4. The second kappa shape index (κ2) is 6.82. The van der Waals surface area contributed by atoms with Crippen LogP contribution in [0.2, 0.25) is 0 Å². The van der Waals surface area contributed by atoms with E-state index < -0.39 is 0 Å². The molecular formula is C19H22N4O2. The lowest BCUT2D eigenvalue weighted by Crippen LogP contribution is -2.21. The molecule has 1 aliphatic heterocycles. The highest BCUT2D eigenvalue weighted by Gasteiger charge is 2.31. The molecule has 3 aromatic rings. The summed E-state index contributed by atoms with van der Waals surface area (Å²) in [7, 11) is 0. The highest BCUT2D eigenvalue weighted by Crippen LogP contribution is 2.25. The van der Waals surface area contributed by atoms with Crippen molar-refractivity contribution in [1.82, 2.24) is 19.9 Å². The molecule has 6 heteroatoms. The van der Waals surface area contributed by atoms with Gasteiger partial charge in [0.15, 0.2) is 0 Å². The number of fused-ring (bicyclic) bond motifs is 1. The van der Waals surface area contributed by atoms with E-state index in [1.165, 1.54) is 11.9 Å². The molecule has 0 amide bonds. The Balaban J connectivity index is 1.41. The molecule has 1 aliphatic rings. The molecule has 4 rings (SSSR count). The number of hydrogen-bond acceptors (Lipinski definition) is 4. The fourth-order valence-electron chi connectivity index (χ4n) is 3.72. The quantitative estimate of drug-likeness (QED) is 0.661. The summed E-state index contributed by atoms with van der Waals surface area (Å²) in [5.41, 5.74) is 3.38. The van der Waals surface area contributed by atoms with Crippen molar-refractivity contribution in [3.05, 3.63) is 64.3 Å². The van der Waals surface area contributed by atoms with Crippen LogP contribution in [-0.2, 0) is 13.0 Å². The summed E-state index contributed by atoms with van der Waals surface area (Å²) in [6.45, 7) is 2.22. The van der Waals surface area contributed by atoms with Crippen LogP contribution >= 0.6 is 0 Å². The summed E-state index contributed by atoms with van der Waals surface area (Å²) in [4.78, 5) is 23.9. The van der Waals surface area contributed by atoms with Crippen LogP contribution in [0.3, 0.4) is 0 Å². The van der Waals surface area contributed by atoms with Gasteiger partial charge in [-0.3, -0.25) is 9.69 Å². The molecule has 1 saturated heterocycles. The van der Waals surface area contributed by atoms with Crippen LogP contribution in [0.4, 0.5) is 0 Å². The zero-order chi connectivity index (χ0) is 17.2. The van der Waals surface area contributed by atoms with Gasteiger partial charge >= 0.3 is 0 Å². The van der Waals surface area contributed by atoms with Crippen LogP contribution in [0.15, 0.2) is 47.7 Å². The Hall–Kier alpha value is -2.44. The summed E-state index contributed by atoms with van der Waals surface area (Å²) < 4.78 is 0. The third-order valence-electron chi connectivity index (χ3n) is 5.07. The summed E-state index contributed by atoms with van der Waals surface area (Å²) in [6.07, 6.45) is 4.94. The topological polar surface area (TPSA) is 85.0 Å². The zero-order valence-electron chi connectivity index (χ0n) is 14.0. The maximum Gasteiger partial charge on any atom is 0.275 e. The number of benzene rings is 1. The number of nitrogens with one attached hydrogen (secondary N) is 2. The van der Waals surface area contributed by atoms with Crippen molar-refractivity contribution < 1.29 is 5.11 Å². The molecule has 3 heterocycles. The van der Waals surface area contributed by atoms with Gasteiger partial charge in [0, 0.05) is 31.4 Å². The largest absolute Gasteiger partial charge is 0.391 e. The van der Waals surface area contributed by atoms with Crippen molar-refractivity contribution in [2.45, 2.75) is 25.5 Å². The number of aromatic nitrogens is 3. The molecule has 2 atom stereocenters. The highest BCUT2D eigenvalue weighted by atomic mass is 16.3. The molecule has 6 nitrogen and oxygen atoms in total. The third-order valence-corrected chi connectivity index (χ3v) is 5.07. The first-order valence-corrected chi connectivity index (χ1v) is 8.68. The number of β-amino-alcohol motifs (C(OH)–C–C–N with tert-alkyl or cyclic N) is 1. The minimum absolute atomic E-state index is 0.154. The van der Waals surface area contributed by atoms with Gasteiger partial charge in [-0.05, 0) is 24.3 Å². The normalized spacial score (nSPS) is 21.2. The second-order valence-corrected chi connectivity index (χ2v) is 6.81. The van der Waals surface area contributed by atoms with Gasteiger partial charge in [0.05, 0.1) is 17.9 Å². The number of rotatable bonds is 5. The monoisotopic (exact) mass is 338 g/mol. The smallest absolute Gasteiger partial charge is 0.275 e. The SMILES string of the molecule is O=c1[nH]cnc2c(CN3CC(O)C(CCc4ccccc4)C3)c[nH]c12. The second-order valence-electron chi connectivity index (χ2n) is 6.81. The fraction of sp³-hybridized carbons (Fsp3) is 0.368. The van der Waals surface area contributed by atoms with E-state index in [0.717, 1.165) is 24.9 Å². The average Bonchev–Trinajstić information content (AvgIpc) is 3.19. The molecule has 1 aromatic carbocycles. The maximum absolute atomic E-state index is 11.8. The lowest BCUT2D eigenvalue weighted by molar-refractivity contribution is 0.137. The number of nitrogens with zero attached hydrogens (tertiary/aromatic N) is 2. The first-order chi connectivity index (χ1) is 12.2. The lowest BCUT2D eigenvalue weighted by Gasteiger charge is -2.15. The van der Waals surface area contributed by atoms with E-state index in [-0.39, 0.29) is 17.6 Å². The molecular weight excluding hydrogens is 316 g/mol. The number of aryl methyl sites for hydroxylation is 1. The van der Waals surface area contributed by atoms with E-state index in [9.17, 15) is 9.90 Å². The maximum atomic E-state index is 11.8. The number of H-pyrrole nitrogens is 2. The minimum atomic E-state index is -0.301. The van der Waals surface area contributed by atoms with Crippen LogP contribution in [0, 0.1) is 5.92 Å². The van der Waals surface area contributed by atoms with Gasteiger partial charge in [0.1, 0.15) is 5.52 Å². The van der Waals surface area contributed by atoms with Gasteiger partial charge in [0.2, 0.25) is 0 Å². The van der Waals surface area contributed by atoms with Crippen molar-refractivity contribution in [1.29, 1.82) is 0 Å². The van der Waals surface area contributed by atoms with E-state index in [1.807, 2.05) is 12.3 Å². The number of aliphatic hydroxyl groups is 1. The number of aromatic amines is 2. The fourth-order valence-corrected chi connectivity index (χ4v) is 3.72. The van der Waals surface area contributed by atoms with Gasteiger partial charge in [0.25, 0.3) is 5.56 Å². The van der Waals surface area contributed by atoms with Gasteiger partial charge in [-0.15, -0.1) is 0 Å². The molecule has 0 saturated carbocycles. The molecule has 0 radical (unpaired) electrons. The predicted octanol–water partition coefficient (Wildman–Crippen LogP) is 1.68. The van der Waals surface area contributed by atoms with Crippen LogP contribution in [0.25, 0.3) is 11.0 Å². The number of likely N-dealkylation sites (tertiary alicyclic amines) is 1. The van der Waals surface area contributed by atoms with Crippen LogP contribution in [0.5, 0.6) is 0 Å². The Kier molecular flexibility index (Phi) is 4.38. The standard InChI is InChI=1S/C19H22N4O2/c24-16-11-23(9-14(16)7-6-13-4-2-1-3-5-13)10-15-8-20-18-17(15)21-12-22-19(18)25/h1-5,8,12,14,16,20,24H,6-7,9-11H2,(H,21,22,25). The average molecular weight is 338 g/mol. The molecule has 1 fully saturated rings. The van der Waals surface area contributed by atoms with Crippen molar-refractivity contribution >= 4 is 11.0 Å². The molecule has 3 N–H and O–H groups in total. The first-order valence-electron chi connectivity index (χ1n) is 8.68. The van der Waals surface area contributed by atoms with Gasteiger partial charge in [-0.1, -0.05) is 30.3 Å². The van der Waals surface area contributed by atoms with Gasteiger partial charge < -0.3 is 15.1 Å². The Bertz CT molecular complexity index is 902. The van der Waals surface area contributed by atoms with Crippen LogP contribution in [0.1, 0.15) is 17.5 Å². The van der Waals surface area contributed by atoms with Gasteiger partial charge in [-0.25, -0.2) is 4.98 Å². The summed E-state index contributed by atoms with van der Waals surface area (Å²) in [5, 5.41) is 10.4. The molecule has 0 bridgehead atoms. The molecule has 0 spiro atoms. The van der Waals surface area contributed by atoms with Gasteiger partial charge in [-0.2, -0.15) is 0 Å². The molecule has 0 aliphatic carbocycles. The molecule has 2 aromatic heterocycles.